The summed E-state index contributed by atoms with van der Waals surface area (Å²) in [5.41, 5.74) is 0. The van der Waals surface area contributed by atoms with Crippen LogP contribution in [0.15, 0.2) is 16.0 Å². The Balaban J connectivity index is 1.80. The zero-order valence-corrected chi connectivity index (χ0v) is 13.5. The SMILES string of the molecule is COCCc1noc([C@@H](C)NC(=O)CSc2nncn2C)n1. The van der Waals surface area contributed by atoms with Gasteiger partial charge in [0.25, 0.3) is 0 Å². The quantitative estimate of drug-likeness (QED) is 0.693. The fourth-order valence-electron chi connectivity index (χ4n) is 1.62. The van der Waals surface area contributed by atoms with E-state index in [2.05, 4.69) is 25.7 Å². The number of rotatable bonds is 8. The van der Waals surface area contributed by atoms with E-state index in [4.69, 9.17) is 9.26 Å². The number of nitrogens with zero attached hydrogens (tertiary/aromatic N) is 5. The highest BCUT2D eigenvalue weighted by molar-refractivity contribution is 7.99. The first-order valence-corrected chi connectivity index (χ1v) is 7.66. The lowest BCUT2D eigenvalue weighted by Gasteiger charge is -2.09. The minimum Gasteiger partial charge on any atom is -0.384 e. The average Bonchev–Trinajstić information content (AvgIpc) is 3.12. The number of hydrogen-bond acceptors (Lipinski definition) is 8. The van der Waals surface area contributed by atoms with Gasteiger partial charge in [0.1, 0.15) is 12.4 Å². The van der Waals surface area contributed by atoms with Crippen LogP contribution in [0, 0.1) is 0 Å². The van der Waals surface area contributed by atoms with Crippen molar-refractivity contribution < 1.29 is 14.1 Å². The predicted octanol–water partition coefficient (Wildman–Crippen LogP) is 0.356. The van der Waals surface area contributed by atoms with Crippen molar-refractivity contribution in [3.63, 3.8) is 0 Å². The monoisotopic (exact) mass is 326 g/mol. The Hall–Kier alpha value is -1.94. The fraction of sp³-hybridized carbons (Fsp3) is 0.583. The summed E-state index contributed by atoms with van der Waals surface area (Å²) in [6.45, 7) is 2.31. The lowest BCUT2D eigenvalue weighted by Crippen LogP contribution is -2.28. The molecule has 0 saturated carbocycles. The summed E-state index contributed by atoms with van der Waals surface area (Å²) in [7, 11) is 3.43. The molecule has 1 atom stereocenters. The van der Waals surface area contributed by atoms with Gasteiger partial charge in [-0.15, -0.1) is 10.2 Å². The number of methoxy groups -OCH3 is 1. The molecule has 1 amide bonds. The van der Waals surface area contributed by atoms with Gasteiger partial charge in [-0.25, -0.2) is 0 Å². The Morgan fingerprint density at radius 2 is 2.41 bits per heavy atom. The van der Waals surface area contributed by atoms with E-state index in [1.807, 2.05) is 7.05 Å². The second-order valence-electron chi connectivity index (χ2n) is 4.59. The molecule has 10 heteroatoms. The normalized spacial score (nSPS) is 12.3. The van der Waals surface area contributed by atoms with Gasteiger partial charge in [-0.1, -0.05) is 16.9 Å². The molecule has 2 aromatic heterocycles. The summed E-state index contributed by atoms with van der Waals surface area (Å²) in [6.07, 6.45) is 2.16. The van der Waals surface area contributed by atoms with Gasteiger partial charge >= 0.3 is 0 Å². The molecule has 2 aromatic rings. The topological polar surface area (TPSA) is 108 Å². The second kappa shape index (κ2) is 7.90. The minimum atomic E-state index is -0.351. The first kappa shape index (κ1) is 16.4. The van der Waals surface area contributed by atoms with Crippen molar-refractivity contribution in [1.82, 2.24) is 30.2 Å². The lowest BCUT2D eigenvalue weighted by atomic mass is 10.3. The van der Waals surface area contributed by atoms with Gasteiger partial charge in [-0.05, 0) is 6.92 Å². The Morgan fingerprint density at radius 3 is 3.09 bits per heavy atom. The van der Waals surface area contributed by atoms with Gasteiger partial charge in [-0.3, -0.25) is 4.79 Å². The number of ether oxygens (including phenoxy) is 1. The lowest BCUT2D eigenvalue weighted by molar-refractivity contribution is -0.119. The Labute approximate surface area is 131 Å². The Bertz CT molecular complexity index is 614. The summed E-state index contributed by atoms with van der Waals surface area (Å²) < 4.78 is 11.8. The summed E-state index contributed by atoms with van der Waals surface area (Å²) >= 11 is 1.31. The third-order valence-corrected chi connectivity index (χ3v) is 3.80. The van der Waals surface area contributed by atoms with Gasteiger partial charge in [0.05, 0.1) is 12.4 Å². The van der Waals surface area contributed by atoms with E-state index in [9.17, 15) is 4.79 Å². The number of aromatic nitrogens is 5. The van der Waals surface area contributed by atoms with Crippen molar-refractivity contribution in [3.05, 3.63) is 18.0 Å². The molecule has 0 aliphatic carbocycles. The van der Waals surface area contributed by atoms with Gasteiger partial charge in [0, 0.05) is 20.6 Å². The van der Waals surface area contributed by atoms with Crippen LogP contribution in [0.5, 0.6) is 0 Å². The number of hydrogen-bond donors (Lipinski definition) is 1. The number of carbonyl (C=O) groups is 1. The van der Waals surface area contributed by atoms with Crippen LogP contribution in [-0.2, 0) is 23.0 Å². The third-order valence-electron chi connectivity index (χ3n) is 2.76. The number of amides is 1. The maximum atomic E-state index is 11.9. The smallest absolute Gasteiger partial charge is 0.248 e. The molecule has 1 N–H and O–H groups in total. The van der Waals surface area contributed by atoms with Gasteiger partial charge in [-0.2, -0.15) is 4.98 Å². The maximum absolute atomic E-state index is 11.9. The zero-order valence-electron chi connectivity index (χ0n) is 12.6. The van der Waals surface area contributed by atoms with Gasteiger partial charge < -0.3 is 19.1 Å². The van der Waals surface area contributed by atoms with Crippen LogP contribution < -0.4 is 5.32 Å². The predicted molar refractivity (Wildman–Crippen MR) is 78.2 cm³/mol. The number of nitrogens with one attached hydrogen (secondary N) is 1. The summed E-state index contributed by atoms with van der Waals surface area (Å²) in [5, 5.41) is 15.0. The first-order valence-electron chi connectivity index (χ1n) is 6.67. The van der Waals surface area contributed by atoms with Crippen LogP contribution >= 0.6 is 11.8 Å². The van der Waals surface area contributed by atoms with E-state index in [1.54, 1.807) is 24.9 Å². The largest absolute Gasteiger partial charge is 0.384 e. The number of aryl methyl sites for hydroxylation is 1. The molecular weight excluding hydrogens is 308 g/mol. The standard InChI is InChI=1S/C12H18N6O3S/c1-8(11-15-9(17-21-11)4-5-20-3)14-10(19)6-22-12-16-13-7-18(12)2/h7-8H,4-6H2,1-3H3,(H,14,19)/t8-/m1/s1. The highest BCUT2D eigenvalue weighted by atomic mass is 32.2. The molecule has 0 radical (unpaired) electrons. The first-order chi connectivity index (χ1) is 10.6. The molecule has 0 unspecified atom stereocenters. The van der Waals surface area contributed by atoms with Gasteiger partial charge in [0.2, 0.25) is 11.8 Å². The molecule has 9 nitrogen and oxygen atoms in total. The van der Waals surface area contributed by atoms with Crippen molar-refractivity contribution in [2.24, 2.45) is 7.05 Å². The molecular formula is C12H18N6O3S. The summed E-state index contributed by atoms with van der Waals surface area (Å²) in [5.74, 6) is 1.04. The zero-order chi connectivity index (χ0) is 15.9. The molecule has 0 bridgehead atoms. The number of thioether (sulfide) groups is 1. The molecule has 0 spiro atoms. The minimum absolute atomic E-state index is 0.142. The van der Waals surface area contributed by atoms with E-state index in [-0.39, 0.29) is 17.7 Å². The highest BCUT2D eigenvalue weighted by Crippen LogP contribution is 2.14. The van der Waals surface area contributed by atoms with E-state index < -0.39 is 0 Å². The Morgan fingerprint density at radius 1 is 1.59 bits per heavy atom. The molecule has 2 rings (SSSR count). The highest BCUT2D eigenvalue weighted by Gasteiger charge is 2.17. The van der Waals surface area contributed by atoms with Crippen LogP contribution in [0.1, 0.15) is 24.7 Å². The second-order valence-corrected chi connectivity index (χ2v) is 5.54. The molecule has 0 aromatic carbocycles. The third kappa shape index (κ3) is 4.53. The van der Waals surface area contributed by atoms with Crippen molar-refractivity contribution in [3.8, 4) is 0 Å². The van der Waals surface area contributed by atoms with Crippen molar-refractivity contribution in [2.45, 2.75) is 24.5 Å². The van der Waals surface area contributed by atoms with Crippen molar-refractivity contribution in [2.75, 3.05) is 19.5 Å². The van der Waals surface area contributed by atoms with Crippen LogP contribution in [0.3, 0.4) is 0 Å². The van der Waals surface area contributed by atoms with Crippen molar-refractivity contribution >= 4 is 17.7 Å². The molecule has 120 valence electrons. The molecule has 2 heterocycles. The summed E-state index contributed by atoms with van der Waals surface area (Å²) in [6, 6.07) is -0.351. The van der Waals surface area contributed by atoms with E-state index in [1.165, 1.54) is 11.8 Å². The Kier molecular flexibility index (Phi) is 5.90. The number of carbonyl (C=O) groups excluding carboxylic acids is 1. The molecule has 22 heavy (non-hydrogen) atoms. The van der Waals surface area contributed by atoms with Crippen LogP contribution in [0.25, 0.3) is 0 Å². The van der Waals surface area contributed by atoms with Crippen molar-refractivity contribution in [1.29, 1.82) is 0 Å². The van der Waals surface area contributed by atoms with E-state index in [0.717, 1.165) is 0 Å². The van der Waals surface area contributed by atoms with Crippen LogP contribution in [0.4, 0.5) is 0 Å². The summed E-state index contributed by atoms with van der Waals surface area (Å²) in [4.78, 5) is 16.1. The molecule has 0 saturated heterocycles. The molecule has 0 fully saturated rings. The molecule has 0 aliphatic heterocycles. The van der Waals surface area contributed by atoms with Gasteiger partial charge in [0.15, 0.2) is 11.0 Å². The molecule has 0 aliphatic rings. The fourth-order valence-corrected chi connectivity index (χ4v) is 2.32. The average molecular weight is 326 g/mol. The van der Waals surface area contributed by atoms with E-state index in [0.29, 0.717) is 29.9 Å². The van der Waals surface area contributed by atoms with E-state index >= 15 is 0 Å². The van der Waals surface area contributed by atoms with Crippen LogP contribution in [-0.4, -0.2) is 50.3 Å². The maximum Gasteiger partial charge on any atom is 0.248 e. The van der Waals surface area contributed by atoms with Crippen LogP contribution in [0.2, 0.25) is 0 Å².